The first kappa shape index (κ1) is 21.2. The van der Waals surface area contributed by atoms with Crippen molar-refractivity contribution < 1.29 is 4.79 Å². The Bertz CT molecular complexity index is 1020. The Morgan fingerprint density at radius 1 is 1.24 bits per heavy atom. The van der Waals surface area contributed by atoms with E-state index in [2.05, 4.69) is 21.6 Å². The Morgan fingerprint density at radius 2 is 2.10 bits per heavy atom. The van der Waals surface area contributed by atoms with Gasteiger partial charge in [-0.15, -0.1) is 10.2 Å². The van der Waals surface area contributed by atoms with E-state index in [-0.39, 0.29) is 11.7 Å². The number of nitrogens with zero attached hydrogens (tertiary/aromatic N) is 4. The highest BCUT2D eigenvalue weighted by Crippen LogP contribution is 2.21. The molecule has 3 aromatic rings. The summed E-state index contributed by atoms with van der Waals surface area (Å²) in [5.41, 5.74) is 2.56. The van der Waals surface area contributed by atoms with Gasteiger partial charge in [-0.3, -0.25) is 9.36 Å². The van der Waals surface area contributed by atoms with E-state index in [9.17, 15) is 4.79 Å². The fraction of sp³-hybridized carbons (Fsp3) is 0.200. The number of thioether (sulfide) groups is 2. The molecule has 1 heterocycles. The maximum absolute atomic E-state index is 12.1. The molecule has 9 heteroatoms. The van der Waals surface area contributed by atoms with Crippen molar-refractivity contribution in [2.75, 3.05) is 18.1 Å². The fourth-order valence-electron chi connectivity index (χ4n) is 2.51. The minimum atomic E-state index is -0.0614. The van der Waals surface area contributed by atoms with Crippen molar-refractivity contribution in [2.24, 2.45) is 0 Å². The van der Waals surface area contributed by atoms with Gasteiger partial charge in [-0.2, -0.15) is 17.0 Å². The molecule has 29 heavy (non-hydrogen) atoms. The summed E-state index contributed by atoms with van der Waals surface area (Å²) in [4.78, 5) is 12.1. The highest BCUT2D eigenvalue weighted by Gasteiger charge is 2.10. The molecule has 0 radical (unpaired) electrons. The summed E-state index contributed by atoms with van der Waals surface area (Å²) in [5.74, 6) is 1.71. The van der Waals surface area contributed by atoms with E-state index in [1.54, 1.807) is 28.7 Å². The van der Waals surface area contributed by atoms with Crippen LogP contribution in [0.5, 0.6) is 0 Å². The van der Waals surface area contributed by atoms with E-state index in [4.69, 9.17) is 16.9 Å². The molecule has 0 saturated heterocycles. The lowest BCUT2D eigenvalue weighted by Gasteiger charge is -2.08. The van der Waals surface area contributed by atoms with Gasteiger partial charge in [-0.05, 0) is 29.8 Å². The molecule has 0 unspecified atom stereocenters. The molecule has 0 aliphatic rings. The van der Waals surface area contributed by atoms with Crippen LogP contribution in [0.3, 0.4) is 0 Å². The zero-order valence-corrected chi connectivity index (χ0v) is 17.8. The summed E-state index contributed by atoms with van der Waals surface area (Å²) >= 11 is 9.04. The molecule has 3 rings (SSSR count). The van der Waals surface area contributed by atoms with Crippen LogP contribution in [0.1, 0.15) is 11.1 Å². The minimum Gasteiger partial charge on any atom is -0.355 e. The number of hydrogen-bond acceptors (Lipinski definition) is 6. The van der Waals surface area contributed by atoms with Crippen molar-refractivity contribution in [3.63, 3.8) is 0 Å². The molecule has 6 nitrogen and oxygen atoms in total. The number of benzene rings is 2. The summed E-state index contributed by atoms with van der Waals surface area (Å²) in [5, 5.41) is 21.3. The molecule has 148 valence electrons. The third-order valence-corrected chi connectivity index (χ3v) is 6.09. The summed E-state index contributed by atoms with van der Waals surface area (Å²) in [7, 11) is 0. The summed E-state index contributed by atoms with van der Waals surface area (Å²) in [6, 6.07) is 17.1. The van der Waals surface area contributed by atoms with Gasteiger partial charge in [0.25, 0.3) is 0 Å². The first-order valence-electron chi connectivity index (χ1n) is 8.78. The van der Waals surface area contributed by atoms with E-state index >= 15 is 0 Å². The zero-order valence-electron chi connectivity index (χ0n) is 15.4. The second kappa shape index (κ2) is 10.9. The molecule has 1 N–H and O–H groups in total. The van der Waals surface area contributed by atoms with Crippen molar-refractivity contribution >= 4 is 41.0 Å². The first-order valence-corrected chi connectivity index (χ1v) is 11.3. The lowest BCUT2D eigenvalue weighted by molar-refractivity contribution is -0.118. The molecule has 0 aliphatic heterocycles. The zero-order chi connectivity index (χ0) is 20.5. The Balaban J connectivity index is 1.40. The van der Waals surface area contributed by atoms with E-state index < -0.39 is 0 Å². The van der Waals surface area contributed by atoms with E-state index in [0.29, 0.717) is 22.3 Å². The predicted octanol–water partition coefficient (Wildman–Crippen LogP) is 3.93. The maximum atomic E-state index is 12.1. The van der Waals surface area contributed by atoms with Gasteiger partial charge in [0.1, 0.15) is 6.33 Å². The van der Waals surface area contributed by atoms with Gasteiger partial charge in [0.2, 0.25) is 5.91 Å². The van der Waals surface area contributed by atoms with Crippen molar-refractivity contribution in [1.82, 2.24) is 20.1 Å². The van der Waals surface area contributed by atoms with Crippen LogP contribution in [-0.4, -0.2) is 38.7 Å². The van der Waals surface area contributed by atoms with E-state index in [1.165, 1.54) is 11.8 Å². The normalized spacial score (nSPS) is 10.5. The van der Waals surface area contributed by atoms with Crippen molar-refractivity contribution in [2.45, 2.75) is 10.9 Å². The number of nitriles is 1. The van der Waals surface area contributed by atoms with Gasteiger partial charge in [-0.25, -0.2) is 0 Å². The lowest BCUT2D eigenvalue weighted by atomic mass is 10.1. The van der Waals surface area contributed by atoms with Gasteiger partial charge in [0.15, 0.2) is 5.16 Å². The number of nitrogens with one attached hydrogen (secondary N) is 1. The number of carbonyl (C=O) groups excluding carboxylic acids is 1. The second-order valence-corrected chi connectivity index (χ2v) is 8.41. The molecule has 0 fully saturated rings. The maximum Gasteiger partial charge on any atom is 0.230 e. The van der Waals surface area contributed by atoms with E-state index in [1.807, 2.05) is 42.5 Å². The third-order valence-electron chi connectivity index (χ3n) is 3.90. The van der Waals surface area contributed by atoms with Crippen molar-refractivity contribution in [1.29, 1.82) is 5.26 Å². The van der Waals surface area contributed by atoms with Crippen LogP contribution in [0, 0.1) is 11.3 Å². The number of hydrogen-bond donors (Lipinski definition) is 1. The molecule has 0 spiro atoms. The molecule has 0 saturated carbocycles. The average molecular weight is 444 g/mol. The SMILES string of the molecule is N#Cc1ccccc1CSCCNC(=O)CSc1nncn1-c1cccc(Cl)c1. The Labute approximate surface area is 182 Å². The van der Waals surface area contributed by atoms with Crippen LogP contribution in [0.15, 0.2) is 60.0 Å². The quantitative estimate of drug-likeness (QED) is 0.398. The number of aromatic nitrogens is 3. The van der Waals surface area contributed by atoms with Gasteiger partial charge in [0.05, 0.1) is 23.1 Å². The predicted molar refractivity (Wildman–Crippen MR) is 117 cm³/mol. The molecule has 0 aliphatic carbocycles. The van der Waals surface area contributed by atoms with Crippen LogP contribution in [-0.2, 0) is 10.5 Å². The monoisotopic (exact) mass is 443 g/mol. The molecular formula is C20H18ClN5OS2. The van der Waals surface area contributed by atoms with Crippen LogP contribution in [0.2, 0.25) is 5.02 Å². The molecule has 0 atom stereocenters. The molecule has 1 aromatic heterocycles. The van der Waals surface area contributed by atoms with Crippen LogP contribution in [0.25, 0.3) is 5.69 Å². The van der Waals surface area contributed by atoms with Crippen LogP contribution < -0.4 is 5.32 Å². The van der Waals surface area contributed by atoms with Gasteiger partial charge < -0.3 is 5.32 Å². The van der Waals surface area contributed by atoms with Crippen molar-refractivity contribution in [3.05, 3.63) is 71.0 Å². The molecular weight excluding hydrogens is 426 g/mol. The largest absolute Gasteiger partial charge is 0.355 e. The molecule has 0 bridgehead atoms. The van der Waals surface area contributed by atoms with Gasteiger partial charge >= 0.3 is 0 Å². The summed E-state index contributed by atoms with van der Waals surface area (Å²) in [6.45, 7) is 0.569. The molecule has 1 amide bonds. The molecule has 2 aromatic carbocycles. The average Bonchev–Trinajstić information content (AvgIpc) is 3.21. The number of amides is 1. The Morgan fingerprint density at radius 3 is 2.93 bits per heavy atom. The highest BCUT2D eigenvalue weighted by atomic mass is 35.5. The third kappa shape index (κ3) is 6.26. The number of carbonyl (C=O) groups is 1. The minimum absolute atomic E-state index is 0.0614. The Hall–Kier alpha value is -2.47. The smallest absolute Gasteiger partial charge is 0.230 e. The van der Waals surface area contributed by atoms with Gasteiger partial charge in [-0.1, -0.05) is 47.6 Å². The number of halogens is 1. The van der Waals surface area contributed by atoms with Gasteiger partial charge in [0, 0.05) is 23.1 Å². The van der Waals surface area contributed by atoms with Crippen molar-refractivity contribution in [3.8, 4) is 11.8 Å². The second-order valence-electron chi connectivity index (χ2n) is 5.92. The standard InChI is InChI=1S/C20H18ClN5OS2/c21-17-6-3-7-18(10-17)26-14-24-25-20(26)29-13-19(27)23-8-9-28-12-16-5-2-1-4-15(16)11-22/h1-7,10,14H,8-9,12-13H2,(H,23,27). The first-order chi connectivity index (χ1) is 14.2. The summed E-state index contributed by atoms with van der Waals surface area (Å²) in [6.07, 6.45) is 1.60. The van der Waals surface area contributed by atoms with E-state index in [0.717, 1.165) is 22.8 Å². The van der Waals surface area contributed by atoms with Crippen LogP contribution >= 0.6 is 35.1 Å². The Kier molecular flexibility index (Phi) is 7.99. The number of rotatable bonds is 9. The topological polar surface area (TPSA) is 83.6 Å². The fourth-order valence-corrected chi connectivity index (χ4v) is 4.31. The summed E-state index contributed by atoms with van der Waals surface area (Å²) < 4.78 is 1.80. The highest BCUT2D eigenvalue weighted by molar-refractivity contribution is 7.99. The van der Waals surface area contributed by atoms with Crippen LogP contribution in [0.4, 0.5) is 0 Å². The lowest BCUT2D eigenvalue weighted by Crippen LogP contribution is -2.27.